The molecule has 0 radical (unpaired) electrons. The van der Waals surface area contributed by atoms with Gasteiger partial charge in [0.15, 0.2) is 0 Å². The third kappa shape index (κ3) is 4.41. The molecular formula is C24H26N4O2S. The minimum atomic E-state index is -3.68. The molecule has 0 amide bonds. The lowest BCUT2D eigenvalue weighted by Gasteiger charge is -2.16. The first-order valence-corrected chi connectivity index (χ1v) is 11.7. The largest absolute Gasteiger partial charge is 0.351 e. The summed E-state index contributed by atoms with van der Waals surface area (Å²) in [6, 6.07) is 22.4. The number of benzene rings is 3. The van der Waals surface area contributed by atoms with Gasteiger partial charge >= 0.3 is 0 Å². The zero-order chi connectivity index (χ0) is 22.0. The first kappa shape index (κ1) is 20.9. The first-order valence-electron chi connectivity index (χ1n) is 10.2. The number of aromatic nitrogens is 2. The number of anilines is 2. The molecule has 0 unspecified atom stereocenters. The summed E-state index contributed by atoms with van der Waals surface area (Å²) >= 11 is 0. The third-order valence-electron chi connectivity index (χ3n) is 5.14. The maximum absolute atomic E-state index is 12.9. The molecule has 6 nitrogen and oxygen atoms in total. The number of nitrogens with one attached hydrogen (secondary N) is 2. The van der Waals surface area contributed by atoms with Crippen molar-refractivity contribution in [3.05, 3.63) is 83.9 Å². The van der Waals surface area contributed by atoms with Gasteiger partial charge in [-0.25, -0.2) is 13.4 Å². The summed E-state index contributed by atoms with van der Waals surface area (Å²) in [5, 5.41) is 3.39. The predicted octanol–water partition coefficient (Wildman–Crippen LogP) is 5.34. The van der Waals surface area contributed by atoms with Crippen molar-refractivity contribution in [1.29, 1.82) is 0 Å². The fraction of sp³-hybridized carbons (Fsp3) is 0.208. The Morgan fingerprint density at radius 1 is 0.935 bits per heavy atom. The minimum absolute atomic E-state index is 0.227. The predicted molar refractivity (Wildman–Crippen MR) is 126 cm³/mol. The van der Waals surface area contributed by atoms with E-state index in [0.29, 0.717) is 12.2 Å². The second-order valence-corrected chi connectivity index (χ2v) is 9.50. The van der Waals surface area contributed by atoms with Crippen molar-refractivity contribution in [2.24, 2.45) is 0 Å². The van der Waals surface area contributed by atoms with Crippen LogP contribution in [-0.4, -0.2) is 18.0 Å². The Kier molecular flexibility index (Phi) is 5.69. The summed E-state index contributed by atoms with van der Waals surface area (Å²) in [7, 11) is -3.68. The van der Waals surface area contributed by atoms with Gasteiger partial charge in [0.05, 0.1) is 21.6 Å². The molecule has 0 spiro atoms. The Balaban J connectivity index is 1.60. The topological polar surface area (TPSA) is 76.0 Å². The lowest BCUT2D eigenvalue weighted by Crippen LogP contribution is -2.15. The van der Waals surface area contributed by atoms with E-state index >= 15 is 0 Å². The van der Waals surface area contributed by atoms with E-state index in [4.69, 9.17) is 4.98 Å². The van der Waals surface area contributed by atoms with Gasteiger partial charge in [-0.3, -0.25) is 4.72 Å². The van der Waals surface area contributed by atoms with Crippen molar-refractivity contribution >= 4 is 32.7 Å². The number of hydrogen-bond acceptors (Lipinski definition) is 4. The van der Waals surface area contributed by atoms with Crippen molar-refractivity contribution in [1.82, 2.24) is 9.55 Å². The van der Waals surface area contributed by atoms with Gasteiger partial charge in [0, 0.05) is 12.6 Å². The number of fused-ring (bicyclic) bond motifs is 1. The molecule has 160 valence electrons. The van der Waals surface area contributed by atoms with Crippen LogP contribution in [0.3, 0.4) is 0 Å². The molecule has 2 N–H and O–H groups in total. The molecule has 0 aliphatic rings. The molecule has 0 aliphatic carbocycles. The number of sulfonamides is 1. The van der Waals surface area contributed by atoms with E-state index in [2.05, 4.69) is 34.5 Å². The van der Waals surface area contributed by atoms with Crippen LogP contribution in [-0.2, 0) is 16.6 Å². The van der Waals surface area contributed by atoms with Crippen LogP contribution >= 0.6 is 0 Å². The molecule has 0 fully saturated rings. The lowest BCUT2D eigenvalue weighted by atomic mass is 10.2. The molecule has 1 aromatic heterocycles. The van der Waals surface area contributed by atoms with Gasteiger partial charge in [-0.15, -0.1) is 0 Å². The Morgan fingerprint density at radius 3 is 2.35 bits per heavy atom. The second kappa shape index (κ2) is 8.43. The molecule has 7 heteroatoms. The van der Waals surface area contributed by atoms with Crippen molar-refractivity contribution in [2.75, 3.05) is 10.0 Å². The second-order valence-electron chi connectivity index (χ2n) is 7.82. The first-order chi connectivity index (χ1) is 14.8. The molecule has 4 rings (SSSR count). The standard InChI is InChI=1S/C24H26N4O2S/c1-17(2)28-23-11-7-6-10-22(23)26-24(28)25-16-19-8-4-5-9-21(19)27-31(29,30)20-14-12-18(3)13-15-20/h4-15,17,27H,16H2,1-3H3,(H,25,26). The van der Waals surface area contributed by atoms with Crippen LogP contribution in [0.15, 0.2) is 77.7 Å². The molecule has 31 heavy (non-hydrogen) atoms. The van der Waals surface area contributed by atoms with Gasteiger partial charge < -0.3 is 9.88 Å². The summed E-state index contributed by atoms with van der Waals surface area (Å²) in [5.41, 5.74) is 4.38. The number of imidazole rings is 1. The molecule has 1 heterocycles. The van der Waals surface area contributed by atoms with Crippen LogP contribution in [0, 0.1) is 6.92 Å². The maximum atomic E-state index is 12.9. The van der Waals surface area contributed by atoms with Gasteiger partial charge in [-0.2, -0.15) is 0 Å². The van der Waals surface area contributed by atoms with Crippen molar-refractivity contribution in [2.45, 2.75) is 38.3 Å². The van der Waals surface area contributed by atoms with Crippen LogP contribution in [0.1, 0.15) is 31.0 Å². The van der Waals surface area contributed by atoms with E-state index in [0.717, 1.165) is 28.1 Å². The summed E-state index contributed by atoms with van der Waals surface area (Å²) < 4.78 is 30.6. The van der Waals surface area contributed by atoms with Gasteiger partial charge in [0.25, 0.3) is 10.0 Å². The van der Waals surface area contributed by atoms with Crippen molar-refractivity contribution < 1.29 is 8.42 Å². The number of hydrogen-bond donors (Lipinski definition) is 2. The summed E-state index contributed by atoms with van der Waals surface area (Å²) in [6.07, 6.45) is 0. The quantitative estimate of drug-likeness (QED) is 0.412. The Hall–Kier alpha value is -3.32. The average Bonchev–Trinajstić information content (AvgIpc) is 3.12. The van der Waals surface area contributed by atoms with Crippen LogP contribution in [0.5, 0.6) is 0 Å². The lowest BCUT2D eigenvalue weighted by molar-refractivity contribution is 0.601. The average molecular weight is 435 g/mol. The fourth-order valence-corrected chi connectivity index (χ4v) is 4.66. The number of aryl methyl sites for hydroxylation is 1. The van der Waals surface area contributed by atoms with Crippen molar-refractivity contribution in [3.63, 3.8) is 0 Å². The highest BCUT2D eigenvalue weighted by Crippen LogP contribution is 2.26. The molecule has 0 saturated heterocycles. The van der Waals surface area contributed by atoms with E-state index in [9.17, 15) is 8.42 Å². The van der Waals surface area contributed by atoms with Crippen LogP contribution in [0.4, 0.5) is 11.6 Å². The number of nitrogens with zero attached hydrogens (tertiary/aromatic N) is 2. The molecule has 0 atom stereocenters. The maximum Gasteiger partial charge on any atom is 0.261 e. The summed E-state index contributed by atoms with van der Waals surface area (Å²) in [4.78, 5) is 4.96. The molecule has 0 bridgehead atoms. The highest BCUT2D eigenvalue weighted by atomic mass is 32.2. The number of rotatable bonds is 7. The van der Waals surface area contributed by atoms with E-state index < -0.39 is 10.0 Å². The van der Waals surface area contributed by atoms with Crippen molar-refractivity contribution in [3.8, 4) is 0 Å². The highest BCUT2D eigenvalue weighted by molar-refractivity contribution is 7.92. The van der Waals surface area contributed by atoms with E-state index in [1.54, 1.807) is 30.3 Å². The zero-order valence-electron chi connectivity index (χ0n) is 17.8. The molecular weight excluding hydrogens is 408 g/mol. The van der Waals surface area contributed by atoms with Gasteiger partial charge in [-0.05, 0) is 56.7 Å². The van der Waals surface area contributed by atoms with Gasteiger partial charge in [0.2, 0.25) is 5.95 Å². The Labute approximate surface area is 183 Å². The summed E-state index contributed by atoms with van der Waals surface area (Å²) in [5.74, 6) is 0.757. The third-order valence-corrected chi connectivity index (χ3v) is 6.52. The summed E-state index contributed by atoms with van der Waals surface area (Å²) in [6.45, 7) is 6.59. The molecule has 0 saturated carbocycles. The van der Waals surface area contributed by atoms with E-state index in [1.807, 2.05) is 43.3 Å². The van der Waals surface area contributed by atoms with Crippen LogP contribution < -0.4 is 10.0 Å². The Morgan fingerprint density at radius 2 is 1.61 bits per heavy atom. The highest BCUT2D eigenvalue weighted by Gasteiger charge is 2.17. The normalized spacial score (nSPS) is 11.7. The Bertz CT molecular complexity index is 1310. The van der Waals surface area contributed by atoms with Crippen LogP contribution in [0.2, 0.25) is 0 Å². The minimum Gasteiger partial charge on any atom is -0.351 e. The number of para-hydroxylation sites is 3. The zero-order valence-corrected chi connectivity index (χ0v) is 18.6. The smallest absolute Gasteiger partial charge is 0.261 e. The van der Waals surface area contributed by atoms with E-state index in [1.165, 1.54) is 0 Å². The van der Waals surface area contributed by atoms with E-state index in [-0.39, 0.29) is 10.9 Å². The molecule has 0 aliphatic heterocycles. The molecule has 4 aromatic rings. The monoisotopic (exact) mass is 434 g/mol. The fourth-order valence-electron chi connectivity index (χ4n) is 3.56. The van der Waals surface area contributed by atoms with Crippen LogP contribution in [0.25, 0.3) is 11.0 Å². The molecule has 3 aromatic carbocycles. The van der Waals surface area contributed by atoms with Gasteiger partial charge in [0.1, 0.15) is 0 Å². The SMILES string of the molecule is Cc1ccc(S(=O)(=O)Nc2ccccc2CNc2nc3ccccc3n2C(C)C)cc1. The van der Waals surface area contributed by atoms with Gasteiger partial charge in [-0.1, -0.05) is 48.0 Å².